The maximum absolute atomic E-state index is 10.9. The molecular formula is C13H27N3O3S. The molecule has 0 saturated carbocycles. The normalized spacial score (nSPS) is 21.1. The number of hydrogen-bond acceptors (Lipinski definition) is 4. The van der Waals surface area contributed by atoms with Crippen molar-refractivity contribution in [1.82, 2.24) is 10.2 Å². The molecule has 1 aliphatic rings. The molecule has 1 unspecified atom stereocenters. The van der Waals surface area contributed by atoms with Crippen LogP contribution in [0.1, 0.15) is 19.8 Å². The first-order chi connectivity index (χ1) is 9.42. The Morgan fingerprint density at radius 2 is 2.20 bits per heavy atom. The quantitative estimate of drug-likeness (QED) is 0.436. The van der Waals surface area contributed by atoms with E-state index in [4.69, 9.17) is 4.74 Å². The van der Waals surface area contributed by atoms with Crippen molar-refractivity contribution in [1.29, 1.82) is 0 Å². The Kier molecular flexibility index (Phi) is 7.29. The van der Waals surface area contributed by atoms with E-state index in [9.17, 15) is 8.42 Å². The van der Waals surface area contributed by atoms with Crippen molar-refractivity contribution in [3.63, 3.8) is 0 Å². The van der Waals surface area contributed by atoms with Crippen molar-refractivity contribution in [3.8, 4) is 0 Å². The number of hydrogen-bond donors (Lipinski definition) is 1. The zero-order valence-electron chi connectivity index (χ0n) is 12.8. The highest BCUT2D eigenvalue weighted by Gasteiger charge is 2.18. The topological polar surface area (TPSA) is 71.0 Å². The Hall–Kier alpha value is -0.820. The average molecular weight is 305 g/mol. The molecule has 1 N–H and O–H groups in total. The van der Waals surface area contributed by atoms with E-state index < -0.39 is 9.84 Å². The summed E-state index contributed by atoms with van der Waals surface area (Å²) in [5.74, 6) is 1.68. The van der Waals surface area contributed by atoms with Crippen LogP contribution in [0.5, 0.6) is 0 Å². The minimum absolute atomic E-state index is 0.0748. The van der Waals surface area contributed by atoms with Gasteiger partial charge in [0.25, 0.3) is 0 Å². The monoisotopic (exact) mass is 305 g/mol. The first-order valence-electron chi connectivity index (χ1n) is 7.13. The summed E-state index contributed by atoms with van der Waals surface area (Å²) in [7, 11) is -1.15. The second kappa shape index (κ2) is 8.46. The SMILES string of the molecule is CN=C(NCCOCCS(C)(=O)=O)N1CCCC(C)C1. The third kappa shape index (κ3) is 7.09. The van der Waals surface area contributed by atoms with Gasteiger partial charge in [-0.1, -0.05) is 6.92 Å². The van der Waals surface area contributed by atoms with E-state index in [1.165, 1.54) is 19.1 Å². The molecular weight excluding hydrogens is 278 g/mol. The molecule has 0 amide bonds. The van der Waals surface area contributed by atoms with E-state index in [2.05, 4.69) is 22.1 Å². The van der Waals surface area contributed by atoms with Gasteiger partial charge in [0.05, 0.1) is 19.0 Å². The molecule has 0 aromatic rings. The summed E-state index contributed by atoms with van der Waals surface area (Å²) in [6.45, 7) is 5.71. The summed E-state index contributed by atoms with van der Waals surface area (Å²) >= 11 is 0. The lowest BCUT2D eigenvalue weighted by Gasteiger charge is -2.33. The van der Waals surface area contributed by atoms with Gasteiger partial charge in [0.1, 0.15) is 9.84 Å². The van der Waals surface area contributed by atoms with Crippen molar-refractivity contribution in [2.75, 3.05) is 51.9 Å². The van der Waals surface area contributed by atoms with Gasteiger partial charge in [0, 0.05) is 32.9 Å². The lowest BCUT2D eigenvalue weighted by Crippen LogP contribution is -2.47. The fourth-order valence-corrected chi connectivity index (χ4v) is 2.68. The number of rotatable bonds is 6. The number of sulfone groups is 1. The van der Waals surface area contributed by atoms with Crippen LogP contribution < -0.4 is 5.32 Å². The summed E-state index contributed by atoms with van der Waals surface area (Å²) in [6, 6.07) is 0. The average Bonchev–Trinajstić information content (AvgIpc) is 2.36. The smallest absolute Gasteiger partial charge is 0.193 e. The molecule has 1 heterocycles. The van der Waals surface area contributed by atoms with Gasteiger partial charge in [0.2, 0.25) is 0 Å². The predicted octanol–water partition coefficient (Wildman–Crippen LogP) is 0.355. The van der Waals surface area contributed by atoms with Crippen LogP contribution in [-0.4, -0.2) is 71.2 Å². The first kappa shape index (κ1) is 17.2. The molecule has 0 aliphatic carbocycles. The number of nitrogens with one attached hydrogen (secondary N) is 1. The summed E-state index contributed by atoms with van der Waals surface area (Å²) in [6.07, 6.45) is 3.70. The lowest BCUT2D eigenvalue weighted by molar-refractivity contribution is 0.152. The van der Waals surface area contributed by atoms with E-state index in [0.29, 0.717) is 19.1 Å². The second-order valence-electron chi connectivity index (χ2n) is 5.41. The number of likely N-dealkylation sites (tertiary alicyclic amines) is 1. The van der Waals surface area contributed by atoms with Gasteiger partial charge in [-0.15, -0.1) is 0 Å². The van der Waals surface area contributed by atoms with E-state index >= 15 is 0 Å². The van der Waals surface area contributed by atoms with E-state index in [-0.39, 0.29) is 12.4 Å². The lowest BCUT2D eigenvalue weighted by atomic mass is 10.0. The van der Waals surface area contributed by atoms with Crippen LogP contribution in [-0.2, 0) is 14.6 Å². The van der Waals surface area contributed by atoms with Crippen LogP contribution in [0.4, 0.5) is 0 Å². The molecule has 118 valence electrons. The molecule has 0 spiro atoms. The van der Waals surface area contributed by atoms with E-state index in [1.54, 1.807) is 7.05 Å². The molecule has 6 nitrogen and oxygen atoms in total. The van der Waals surface area contributed by atoms with Crippen molar-refractivity contribution < 1.29 is 13.2 Å². The summed E-state index contributed by atoms with van der Waals surface area (Å²) in [5, 5.41) is 3.26. The highest BCUT2D eigenvalue weighted by atomic mass is 32.2. The van der Waals surface area contributed by atoms with Crippen molar-refractivity contribution in [2.45, 2.75) is 19.8 Å². The predicted molar refractivity (Wildman–Crippen MR) is 81.9 cm³/mol. The molecule has 0 aromatic carbocycles. The van der Waals surface area contributed by atoms with Crippen molar-refractivity contribution >= 4 is 15.8 Å². The Morgan fingerprint density at radius 1 is 1.45 bits per heavy atom. The highest BCUT2D eigenvalue weighted by Crippen LogP contribution is 2.15. The van der Waals surface area contributed by atoms with E-state index in [1.807, 2.05) is 0 Å². The Labute approximate surface area is 122 Å². The fraction of sp³-hybridized carbons (Fsp3) is 0.923. The molecule has 1 aliphatic heterocycles. The van der Waals surface area contributed by atoms with E-state index in [0.717, 1.165) is 19.0 Å². The molecule has 1 fully saturated rings. The van der Waals surface area contributed by atoms with Crippen LogP contribution in [0.25, 0.3) is 0 Å². The Bertz CT molecular complexity index is 409. The van der Waals surface area contributed by atoms with Crippen LogP contribution in [0.15, 0.2) is 4.99 Å². The molecule has 7 heteroatoms. The van der Waals surface area contributed by atoms with Crippen LogP contribution in [0.2, 0.25) is 0 Å². The van der Waals surface area contributed by atoms with Gasteiger partial charge >= 0.3 is 0 Å². The summed E-state index contributed by atoms with van der Waals surface area (Å²) < 4.78 is 27.2. The summed E-state index contributed by atoms with van der Waals surface area (Å²) in [5.41, 5.74) is 0. The minimum atomic E-state index is -2.93. The van der Waals surface area contributed by atoms with Crippen LogP contribution in [0.3, 0.4) is 0 Å². The Morgan fingerprint density at radius 3 is 2.80 bits per heavy atom. The summed E-state index contributed by atoms with van der Waals surface area (Å²) in [4.78, 5) is 6.55. The van der Waals surface area contributed by atoms with Gasteiger partial charge in [-0.25, -0.2) is 8.42 Å². The molecule has 1 saturated heterocycles. The van der Waals surface area contributed by atoms with Crippen LogP contribution in [0, 0.1) is 5.92 Å². The standard InChI is InChI=1S/C13H27N3O3S/c1-12-5-4-7-16(11-12)13(14-2)15-6-8-19-9-10-20(3,17)18/h12H,4-11H2,1-3H3,(H,14,15). The van der Waals surface area contributed by atoms with Crippen molar-refractivity contribution in [2.24, 2.45) is 10.9 Å². The number of guanidine groups is 1. The molecule has 0 radical (unpaired) electrons. The van der Waals surface area contributed by atoms with Gasteiger partial charge in [-0.2, -0.15) is 0 Å². The number of piperidine rings is 1. The second-order valence-corrected chi connectivity index (χ2v) is 7.67. The zero-order valence-corrected chi connectivity index (χ0v) is 13.6. The fourth-order valence-electron chi connectivity index (χ4n) is 2.26. The molecule has 0 bridgehead atoms. The van der Waals surface area contributed by atoms with Gasteiger partial charge in [0.15, 0.2) is 5.96 Å². The van der Waals surface area contributed by atoms with Gasteiger partial charge < -0.3 is 15.0 Å². The molecule has 20 heavy (non-hydrogen) atoms. The third-order valence-electron chi connectivity index (χ3n) is 3.30. The maximum Gasteiger partial charge on any atom is 0.193 e. The number of ether oxygens (including phenoxy) is 1. The Balaban J connectivity index is 2.19. The third-order valence-corrected chi connectivity index (χ3v) is 4.20. The first-order valence-corrected chi connectivity index (χ1v) is 9.19. The maximum atomic E-state index is 10.9. The zero-order chi connectivity index (χ0) is 15.0. The van der Waals surface area contributed by atoms with Crippen LogP contribution >= 0.6 is 0 Å². The van der Waals surface area contributed by atoms with Gasteiger partial charge in [-0.05, 0) is 18.8 Å². The van der Waals surface area contributed by atoms with Crippen molar-refractivity contribution in [3.05, 3.63) is 0 Å². The molecule has 1 atom stereocenters. The van der Waals surface area contributed by atoms with Gasteiger partial charge in [-0.3, -0.25) is 4.99 Å². The minimum Gasteiger partial charge on any atom is -0.379 e. The number of nitrogens with zero attached hydrogens (tertiary/aromatic N) is 2. The molecule has 0 aromatic heterocycles. The molecule has 1 rings (SSSR count). The number of aliphatic imine (C=N–C) groups is 1. The highest BCUT2D eigenvalue weighted by molar-refractivity contribution is 7.90. The largest absolute Gasteiger partial charge is 0.379 e.